The van der Waals surface area contributed by atoms with Gasteiger partial charge in [0.1, 0.15) is 0 Å². The van der Waals surface area contributed by atoms with Crippen LogP contribution in [0.5, 0.6) is 0 Å². The van der Waals surface area contributed by atoms with Gasteiger partial charge in [0.25, 0.3) is 0 Å². The number of para-hydroxylation sites is 3. The van der Waals surface area contributed by atoms with Crippen LogP contribution < -0.4 is 4.90 Å². The standard InChI is InChI=1S/C37H26N2/c1-3-12-28(13-4-1)38(30-19-21-33-27(24-30)23-26-11-7-8-16-32(26)33)31-20-22-37-35(25-31)34-17-9-10-18-36(34)39(37)29-14-5-2-6-15-29/h1-22,24-25H,23H2. The van der Waals surface area contributed by atoms with Gasteiger partial charge >= 0.3 is 0 Å². The van der Waals surface area contributed by atoms with E-state index in [0.717, 1.165) is 17.8 Å². The molecule has 0 aliphatic heterocycles. The maximum atomic E-state index is 2.39. The van der Waals surface area contributed by atoms with Crippen molar-refractivity contribution in [2.24, 2.45) is 0 Å². The summed E-state index contributed by atoms with van der Waals surface area (Å²) in [5.41, 5.74) is 12.6. The van der Waals surface area contributed by atoms with Crippen molar-refractivity contribution in [3.63, 3.8) is 0 Å². The van der Waals surface area contributed by atoms with Crippen molar-refractivity contribution in [3.05, 3.63) is 157 Å². The maximum Gasteiger partial charge on any atom is 0.0542 e. The molecule has 1 aliphatic carbocycles. The Morgan fingerprint density at radius 1 is 0.436 bits per heavy atom. The fourth-order valence-electron chi connectivity index (χ4n) is 6.25. The van der Waals surface area contributed by atoms with Crippen LogP contribution in [0.15, 0.2) is 146 Å². The molecule has 0 saturated heterocycles. The van der Waals surface area contributed by atoms with Crippen LogP contribution in [0, 0.1) is 0 Å². The molecule has 2 nitrogen and oxygen atoms in total. The van der Waals surface area contributed by atoms with E-state index in [-0.39, 0.29) is 0 Å². The van der Waals surface area contributed by atoms with E-state index in [2.05, 4.69) is 155 Å². The predicted molar refractivity (Wildman–Crippen MR) is 164 cm³/mol. The molecule has 0 bridgehead atoms. The lowest BCUT2D eigenvalue weighted by Crippen LogP contribution is -2.10. The first-order valence-electron chi connectivity index (χ1n) is 13.5. The zero-order valence-electron chi connectivity index (χ0n) is 21.5. The smallest absolute Gasteiger partial charge is 0.0542 e. The third-order valence-corrected chi connectivity index (χ3v) is 7.98. The Morgan fingerprint density at radius 2 is 1.08 bits per heavy atom. The molecule has 7 aromatic rings. The Bertz CT molecular complexity index is 1980. The number of hydrogen-bond donors (Lipinski definition) is 0. The molecule has 1 aliphatic rings. The number of hydrogen-bond acceptors (Lipinski definition) is 1. The second-order valence-electron chi connectivity index (χ2n) is 10.2. The summed E-state index contributed by atoms with van der Waals surface area (Å²) in [6, 6.07) is 52.7. The van der Waals surface area contributed by atoms with Gasteiger partial charge in [-0.1, -0.05) is 84.9 Å². The molecule has 0 N–H and O–H groups in total. The summed E-state index contributed by atoms with van der Waals surface area (Å²) in [5.74, 6) is 0. The van der Waals surface area contributed by atoms with Crippen LogP contribution in [0.25, 0.3) is 38.6 Å². The molecule has 0 atom stereocenters. The summed E-state index contributed by atoms with van der Waals surface area (Å²) in [4.78, 5) is 2.39. The molecule has 8 rings (SSSR count). The third-order valence-electron chi connectivity index (χ3n) is 7.98. The Kier molecular flexibility index (Phi) is 4.92. The summed E-state index contributed by atoms with van der Waals surface area (Å²) < 4.78 is 2.37. The van der Waals surface area contributed by atoms with Gasteiger partial charge in [-0.15, -0.1) is 0 Å². The van der Waals surface area contributed by atoms with Crippen molar-refractivity contribution in [1.82, 2.24) is 4.57 Å². The quantitative estimate of drug-likeness (QED) is 0.234. The van der Waals surface area contributed by atoms with Gasteiger partial charge in [-0.05, 0) is 89.3 Å². The van der Waals surface area contributed by atoms with Crippen LogP contribution in [0.2, 0.25) is 0 Å². The zero-order chi connectivity index (χ0) is 25.8. The van der Waals surface area contributed by atoms with E-state index >= 15 is 0 Å². The lowest BCUT2D eigenvalue weighted by Gasteiger charge is -2.26. The minimum Gasteiger partial charge on any atom is -0.310 e. The SMILES string of the molecule is c1ccc(N(c2ccc3c(c2)Cc2ccccc2-3)c2ccc3c(c2)c2ccccc2n3-c2ccccc2)cc1. The summed E-state index contributed by atoms with van der Waals surface area (Å²) in [6.07, 6.45) is 0.978. The Balaban J connectivity index is 1.33. The summed E-state index contributed by atoms with van der Waals surface area (Å²) in [6.45, 7) is 0. The zero-order valence-corrected chi connectivity index (χ0v) is 21.5. The topological polar surface area (TPSA) is 8.17 Å². The van der Waals surface area contributed by atoms with E-state index in [1.165, 1.54) is 55.4 Å². The first-order valence-corrected chi connectivity index (χ1v) is 13.5. The lowest BCUT2D eigenvalue weighted by molar-refractivity contribution is 1.18. The molecular weight excluding hydrogens is 472 g/mol. The van der Waals surface area contributed by atoms with Crippen molar-refractivity contribution in [2.45, 2.75) is 6.42 Å². The number of anilines is 3. The minimum absolute atomic E-state index is 0.978. The summed E-state index contributed by atoms with van der Waals surface area (Å²) in [5, 5.41) is 2.51. The Morgan fingerprint density at radius 3 is 1.95 bits per heavy atom. The number of aromatic nitrogens is 1. The van der Waals surface area contributed by atoms with Crippen molar-refractivity contribution in [2.75, 3.05) is 4.90 Å². The molecule has 0 saturated carbocycles. The monoisotopic (exact) mass is 498 g/mol. The van der Waals surface area contributed by atoms with E-state index in [0.29, 0.717) is 0 Å². The molecular formula is C37H26N2. The minimum atomic E-state index is 0.978. The van der Waals surface area contributed by atoms with Gasteiger partial charge in [0, 0.05) is 33.5 Å². The molecule has 6 aromatic carbocycles. The lowest BCUT2D eigenvalue weighted by atomic mass is 10.0. The van der Waals surface area contributed by atoms with Crippen molar-refractivity contribution in [3.8, 4) is 16.8 Å². The highest BCUT2D eigenvalue weighted by Crippen LogP contribution is 2.43. The van der Waals surface area contributed by atoms with E-state index in [4.69, 9.17) is 0 Å². The molecule has 1 aromatic heterocycles. The van der Waals surface area contributed by atoms with Crippen LogP contribution in [0.3, 0.4) is 0 Å². The van der Waals surface area contributed by atoms with Gasteiger partial charge in [0.15, 0.2) is 0 Å². The summed E-state index contributed by atoms with van der Waals surface area (Å²) >= 11 is 0. The van der Waals surface area contributed by atoms with Crippen LogP contribution >= 0.6 is 0 Å². The third kappa shape index (κ3) is 3.49. The van der Waals surface area contributed by atoms with Crippen LogP contribution in [-0.2, 0) is 6.42 Å². The van der Waals surface area contributed by atoms with E-state index < -0.39 is 0 Å². The van der Waals surface area contributed by atoms with Crippen molar-refractivity contribution >= 4 is 38.9 Å². The molecule has 0 fully saturated rings. The van der Waals surface area contributed by atoms with Crippen LogP contribution in [0.4, 0.5) is 17.1 Å². The number of nitrogens with zero attached hydrogens (tertiary/aromatic N) is 2. The van der Waals surface area contributed by atoms with Crippen LogP contribution in [0.1, 0.15) is 11.1 Å². The molecule has 2 heteroatoms. The fraction of sp³-hybridized carbons (Fsp3) is 0.0270. The first kappa shape index (κ1) is 22.0. The largest absolute Gasteiger partial charge is 0.310 e. The highest BCUT2D eigenvalue weighted by Gasteiger charge is 2.21. The van der Waals surface area contributed by atoms with Gasteiger partial charge < -0.3 is 9.47 Å². The second-order valence-corrected chi connectivity index (χ2v) is 10.2. The Labute approximate surface area is 228 Å². The van der Waals surface area contributed by atoms with Gasteiger partial charge in [-0.2, -0.15) is 0 Å². The van der Waals surface area contributed by atoms with Crippen molar-refractivity contribution in [1.29, 1.82) is 0 Å². The summed E-state index contributed by atoms with van der Waals surface area (Å²) in [7, 11) is 0. The van der Waals surface area contributed by atoms with Crippen LogP contribution in [-0.4, -0.2) is 4.57 Å². The highest BCUT2D eigenvalue weighted by molar-refractivity contribution is 6.10. The van der Waals surface area contributed by atoms with Gasteiger partial charge in [-0.25, -0.2) is 0 Å². The average Bonchev–Trinajstić information content (AvgIpc) is 3.53. The molecule has 0 amide bonds. The molecule has 184 valence electrons. The second kappa shape index (κ2) is 8.75. The maximum absolute atomic E-state index is 2.39. The van der Waals surface area contributed by atoms with E-state index in [1.807, 2.05) is 0 Å². The number of rotatable bonds is 4. The predicted octanol–water partition coefficient (Wildman–Crippen LogP) is 9.82. The van der Waals surface area contributed by atoms with E-state index in [1.54, 1.807) is 0 Å². The molecule has 0 spiro atoms. The normalized spacial score (nSPS) is 12.0. The average molecular weight is 499 g/mol. The first-order chi connectivity index (χ1) is 19.3. The van der Waals surface area contributed by atoms with Gasteiger partial charge in [-0.3, -0.25) is 0 Å². The highest BCUT2D eigenvalue weighted by atomic mass is 15.1. The molecule has 0 unspecified atom stereocenters. The molecule has 0 radical (unpaired) electrons. The van der Waals surface area contributed by atoms with E-state index in [9.17, 15) is 0 Å². The molecule has 39 heavy (non-hydrogen) atoms. The van der Waals surface area contributed by atoms with Gasteiger partial charge in [0.2, 0.25) is 0 Å². The fourth-order valence-corrected chi connectivity index (χ4v) is 6.25. The number of benzene rings is 6. The number of fused-ring (bicyclic) bond motifs is 6. The molecule has 1 heterocycles. The Hall–Kier alpha value is -5.08. The van der Waals surface area contributed by atoms with Gasteiger partial charge in [0.05, 0.1) is 11.0 Å². The van der Waals surface area contributed by atoms with Crippen molar-refractivity contribution < 1.29 is 0 Å².